The van der Waals surface area contributed by atoms with Gasteiger partial charge >= 0.3 is 0 Å². The second-order valence-electron chi connectivity index (χ2n) is 5.34. The monoisotopic (exact) mass is 247 g/mol. The van der Waals surface area contributed by atoms with Gasteiger partial charge in [-0.3, -0.25) is 4.90 Å². The van der Waals surface area contributed by atoms with E-state index in [0.717, 1.165) is 19.5 Å². The minimum Gasteiger partial charge on any atom is -0.374 e. The van der Waals surface area contributed by atoms with Crippen LogP contribution in [0.25, 0.3) is 0 Å². The molecule has 2 nitrogen and oxygen atoms in total. The van der Waals surface area contributed by atoms with Crippen LogP contribution in [-0.2, 0) is 11.3 Å². The van der Waals surface area contributed by atoms with E-state index in [1.54, 1.807) is 0 Å². The van der Waals surface area contributed by atoms with E-state index >= 15 is 0 Å². The van der Waals surface area contributed by atoms with Crippen molar-refractivity contribution in [1.82, 2.24) is 4.90 Å². The number of rotatable bonds is 5. The number of likely N-dealkylation sites (tertiary alicyclic amines) is 1. The van der Waals surface area contributed by atoms with Gasteiger partial charge in [-0.1, -0.05) is 37.3 Å². The lowest BCUT2D eigenvalue weighted by Gasteiger charge is -2.34. The summed E-state index contributed by atoms with van der Waals surface area (Å²) in [6, 6.07) is 10.7. The van der Waals surface area contributed by atoms with Gasteiger partial charge in [0, 0.05) is 13.1 Å². The van der Waals surface area contributed by atoms with Gasteiger partial charge in [0.1, 0.15) is 0 Å². The van der Waals surface area contributed by atoms with Crippen LogP contribution in [0.1, 0.15) is 38.7 Å². The Morgan fingerprint density at radius 2 is 2.11 bits per heavy atom. The van der Waals surface area contributed by atoms with Crippen molar-refractivity contribution in [3.05, 3.63) is 35.9 Å². The second-order valence-corrected chi connectivity index (χ2v) is 5.34. The fraction of sp³-hybridized carbons (Fsp3) is 0.625. The standard InChI is InChI=1S/C16H25NO/c1-3-14(2)18-16-10-7-11-17(13-16)12-15-8-5-4-6-9-15/h4-6,8-9,14,16H,3,7,10-13H2,1-2H3. The van der Waals surface area contributed by atoms with Crippen LogP contribution in [0.4, 0.5) is 0 Å². The smallest absolute Gasteiger partial charge is 0.0706 e. The zero-order valence-electron chi connectivity index (χ0n) is 11.6. The Hall–Kier alpha value is -0.860. The van der Waals surface area contributed by atoms with Crippen molar-refractivity contribution in [3.63, 3.8) is 0 Å². The summed E-state index contributed by atoms with van der Waals surface area (Å²) in [6.07, 6.45) is 4.41. The molecule has 2 atom stereocenters. The Bertz CT molecular complexity index is 338. The molecule has 1 aliphatic rings. The van der Waals surface area contributed by atoms with Gasteiger partial charge in [-0.15, -0.1) is 0 Å². The average molecular weight is 247 g/mol. The molecule has 0 spiro atoms. The summed E-state index contributed by atoms with van der Waals surface area (Å²) in [7, 11) is 0. The van der Waals surface area contributed by atoms with Crippen LogP contribution < -0.4 is 0 Å². The maximum Gasteiger partial charge on any atom is 0.0706 e. The first kappa shape index (κ1) is 13.6. The van der Waals surface area contributed by atoms with Gasteiger partial charge in [-0.25, -0.2) is 0 Å². The van der Waals surface area contributed by atoms with E-state index in [1.807, 2.05) is 0 Å². The van der Waals surface area contributed by atoms with Gasteiger partial charge in [-0.05, 0) is 38.3 Å². The van der Waals surface area contributed by atoms with Gasteiger partial charge in [0.15, 0.2) is 0 Å². The summed E-state index contributed by atoms with van der Waals surface area (Å²) < 4.78 is 6.07. The maximum absolute atomic E-state index is 6.07. The average Bonchev–Trinajstić information content (AvgIpc) is 2.40. The number of benzene rings is 1. The predicted molar refractivity (Wildman–Crippen MR) is 75.6 cm³/mol. The Morgan fingerprint density at radius 1 is 1.33 bits per heavy atom. The third kappa shape index (κ3) is 4.11. The first-order valence-electron chi connectivity index (χ1n) is 7.19. The van der Waals surface area contributed by atoms with Crippen molar-refractivity contribution < 1.29 is 4.74 Å². The highest BCUT2D eigenvalue weighted by molar-refractivity contribution is 5.14. The molecule has 0 aromatic heterocycles. The van der Waals surface area contributed by atoms with E-state index in [2.05, 4.69) is 49.1 Å². The summed E-state index contributed by atoms with van der Waals surface area (Å²) in [5.74, 6) is 0. The summed E-state index contributed by atoms with van der Waals surface area (Å²) >= 11 is 0. The number of hydrogen-bond acceptors (Lipinski definition) is 2. The van der Waals surface area contributed by atoms with E-state index in [9.17, 15) is 0 Å². The second kappa shape index (κ2) is 6.91. The van der Waals surface area contributed by atoms with E-state index in [0.29, 0.717) is 12.2 Å². The molecule has 1 aromatic rings. The van der Waals surface area contributed by atoms with Crippen LogP contribution in [-0.4, -0.2) is 30.2 Å². The Labute approximate surface area is 111 Å². The van der Waals surface area contributed by atoms with Crippen LogP contribution in [0.2, 0.25) is 0 Å². The van der Waals surface area contributed by atoms with Crippen molar-refractivity contribution in [1.29, 1.82) is 0 Å². The Kier molecular flexibility index (Phi) is 5.21. The first-order chi connectivity index (χ1) is 8.78. The molecule has 0 bridgehead atoms. The normalized spacial score (nSPS) is 22.9. The van der Waals surface area contributed by atoms with Gasteiger partial charge < -0.3 is 4.74 Å². The number of ether oxygens (including phenoxy) is 1. The zero-order chi connectivity index (χ0) is 12.8. The molecule has 1 fully saturated rings. The lowest BCUT2D eigenvalue weighted by molar-refractivity contribution is -0.0430. The van der Waals surface area contributed by atoms with Gasteiger partial charge in [0.05, 0.1) is 12.2 Å². The van der Waals surface area contributed by atoms with Crippen LogP contribution in [0.5, 0.6) is 0 Å². The third-order valence-electron chi connectivity index (χ3n) is 3.71. The van der Waals surface area contributed by atoms with E-state index in [1.165, 1.54) is 24.9 Å². The lowest BCUT2D eigenvalue weighted by Crippen LogP contribution is -2.40. The minimum absolute atomic E-state index is 0.395. The zero-order valence-corrected chi connectivity index (χ0v) is 11.6. The van der Waals surface area contributed by atoms with Crippen molar-refractivity contribution in [3.8, 4) is 0 Å². The van der Waals surface area contributed by atoms with Gasteiger partial charge in [-0.2, -0.15) is 0 Å². The maximum atomic E-state index is 6.07. The molecule has 1 heterocycles. The number of nitrogens with zero attached hydrogens (tertiary/aromatic N) is 1. The SMILES string of the molecule is CCC(C)OC1CCCN(Cc2ccccc2)C1. The van der Waals surface area contributed by atoms with E-state index < -0.39 is 0 Å². The lowest BCUT2D eigenvalue weighted by atomic mass is 10.1. The fourth-order valence-corrected chi connectivity index (χ4v) is 2.53. The predicted octanol–water partition coefficient (Wildman–Crippen LogP) is 3.47. The van der Waals surface area contributed by atoms with E-state index in [4.69, 9.17) is 4.74 Å². The molecule has 0 N–H and O–H groups in total. The topological polar surface area (TPSA) is 12.5 Å². The molecular weight excluding hydrogens is 222 g/mol. The van der Waals surface area contributed by atoms with Crippen LogP contribution in [0.3, 0.4) is 0 Å². The molecule has 1 aromatic carbocycles. The van der Waals surface area contributed by atoms with Crippen molar-refractivity contribution in [2.24, 2.45) is 0 Å². The molecule has 100 valence electrons. The molecule has 2 heteroatoms. The van der Waals surface area contributed by atoms with Crippen LogP contribution in [0, 0.1) is 0 Å². The Morgan fingerprint density at radius 3 is 2.83 bits per heavy atom. The summed E-state index contributed by atoms with van der Waals surface area (Å²) in [4.78, 5) is 2.52. The summed E-state index contributed by atoms with van der Waals surface area (Å²) in [5, 5.41) is 0. The summed E-state index contributed by atoms with van der Waals surface area (Å²) in [5.41, 5.74) is 1.40. The highest BCUT2D eigenvalue weighted by atomic mass is 16.5. The number of piperidine rings is 1. The molecule has 0 saturated carbocycles. The molecule has 0 radical (unpaired) electrons. The first-order valence-corrected chi connectivity index (χ1v) is 7.19. The molecule has 2 rings (SSSR count). The molecular formula is C16H25NO. The molecule has 1 aliphatic heterocycles. The fourth-order valence-electron chi connectivity index (χ4n) is 2.53. The highest BCUT2D eigenvalue weighted by Gasteiger charge is 2.21. The quantitative estimate of drug-likeness (QED) is 0.790. The molecule has 0 amide bonds. The van der Waals surface area contributed by atoms with Crippen molar-refractivity contribution >= 4 is 0 Å². The third-order valence-corrected chi connectivity index (χ3v) is 3.71. The van der Waals surface area contributed by atoms with Gasteiger partial charge in [0.2, 0.25) is 0 Å². The van der Waals surface area contributed by atoms with Gasteiger partial charge in [0.25, 0.3) is 0 Å². The van der Waals surface area contributed by atoms with Crippen molar-refractivity contribution in [2.45, 2.75) is 51.9 Å². The van der Waals surface area contributed by atoms with Crippen molar-refractivity contribution in [2.75, 3.05) is 13.1 Å². The highest BCUT2D eigenvalue weighted by Crippen LogP contribution is 2.17. The van der Waals surface area contributed by atoms with Crippen LogP contribution in [0.15, 0.2) is 30.3 Å². The summed E-state index contributed by atoms with van der Waals surface area (Å²) in [6.45, 7) is 7.71. The number of hydrogen-bond donors (Lipinski definition) is 0. The minimum atomic E-state index is 0.395. The molecule has 1 saturated heterocycles. The molecule has 0 aliphatic carbocycles. The molecule has 2 unspecified atom stereocenters. The molecule has 18 heavy (non-hydrogen) atoms. The van der Waals surface area contributed by atoms with Crippen LogP contribution >= 0.6 is 0 Å². The Balaban J connectivity index is 1.83. The van der Waals surface area contributed by atoms with E-state index in [-0.39, 0.29) is 0 Å². The largest absolute Gasteiger partial charge is 0.374 e.